The van der Waals surface area contributed by atoms with Crippen LogP contribution in [0.25, 0.3) is 0 Å². The van der Waals surface area contributed by atoms with Gasteiger partial charge < -0.3 is 14.8 Å². The molecule has 0 aliphatic rings. The second-order valence-electron chi connectivity index (χ2n) is 4.37. The van der Waals surface area contributed by atoms with Gasteiger partial charge in [-0.3, -0.25) is 4.79 Å². The Morgan fingerprint density at radius 2 is 1.94 bits per heavy atom. The second-order valence-corrected chi connectivity index (χ2v) is 4.37. The number of nitrogens with one attached hydrogen (secondary N) is 1. The predicted molar refractivity (Wildman–Crippen MR) is 70.5 cm³/mol. The largest absolute Gasteiger partial charge is 0.497 e. The summed E-state index contributed by atoms with van der Waals surface area (Å²) in [5.74, 6) is 0.616. The van der Waals surface area contributed by atoms with Crippen molar-refractivity contribution in [1.29, 1.82) is 0 Å². The number of ether oxygens (including phenoxy) is 2. The lowest BCUT2D eigenvalue weighted by Gasteiger charge is -2.08. The van der Waals surface area contributed by atoms with Crippen LogP contribution in [0.4, 0.5) is 0 Å². The van der Waals surface area contributed by atoms with E-state index in [1.165, 1.54) is 0 Å². The smallest absolute Gasteiger partial charge is 0.307 e. The molecule has 1 aromatic carbocycles. The average Bonchev–Trinajstić information content (AvgIpc) is 2.36. The molecule has 1 aromatic rings. The van der Waals surface area contributed by atoms with Gasteiger partial charge in [0.25, 0.3) is 0 Å². The molecule has 0 saturated heterocycles. The van der Waals surface area contributed by atoms with E-state index in [2.05, 4.69) is 5.32 Å². The summed E-state index contributed by atoms with van der Waals surface area (Å²) in [6.07, 6.45) is 0.397. The first-order valence-corrected chi connectivity index (χ1v) is 6.13. The van der Waals surface area contributed by atoms with Gasteiger partial charge in [0.1, 0.15) is 12.4 Å². The number of hydrogen-bond acceptors (Lipinski definition) is 4. The summed E-state index contributed by atoms with van der Waals surface area (Å²) in [6, 6.07) is 7.86. The molecule has 0 saturated carbocycles. The molecule has 0 radical (unpaired) electrons. The van der Waals surface area contributed by atoms with E-state index in [1.54, 1.807) is 7.11 Å². The standard InChI is InChI=1S/C14H21NO3/c1-11(2)15-9-8-14(16)18-10-12-4-6-13(17-3)7-5-12/h4-7,11,15H,8-10H2,1-3H3. The van der Waals surface area contributed by atoms with Crippen molar-refractivity contribution in [2.45, 2.75) is 32.9 Å². The minimum absolute atomic E-state index is 0.182. The van der Waals surface area contributed by atoms with Gasteiger partial charge in [0, 0.05) is 12.6 Å². The van der Waals surface area contributed by atoms with Gasteiger partial charge >= 0.3 is 5.97 Å². The van der Waals surface area contributed by atoms with Crippen LogP contribution in [0.15, 0.2) is 24.3 Å². The molecule has 0 bridgehead atoms. The van der Waals surface area contributed by atoms with Crippen molar-refractivity contribution < 1.29 is 14.3 Å². The fraction of sp³-hybridized carbons (Fsp3) is 0.500. The highest BCUT2D eigenvalue weighted by Gasteiger charge is 2.04. The van der Waals surface area contributed by atoms with E-state index >= 15 is 0 Å². The van der Waals surface area contributed by atoms with Crippen molar-refractivity contribution in [3.05, 3.63) is 29.8 Å². The van der Waals surface area contributed by atoms with Crippen molar-refractivity contribution in [3.8, 4) is 5.75 Å². The summed E-state index contributed by atoms with van der Waals surface area (Å²) in [6.45, 7) is 5.05. The Morgan fingerprint density at radius 3 is 2.50 bits per heavy atom. The van der Waals surface area contributed by atoms with Gasteiger partial charge in [0.15, 0.2) is 0 Å². The minimum Gasteiger partial charge on any atom is -0.497 e. The highest BCUT2D eigenvalue weighted by atomic mass is 16.5. The maximum absolute atomic E-state index is 11.4. The van der Waals surface area contributed by atoms with Crippen LogP contribution in [-0.4, -0.2) is 25.7 Å². The average molecular weight is 251 g/mol. The molecule has 0 atom stereocenters. The van der Waals surface area contributed by atoms with E-state index in [4.69, 9.17) is 9.47 Å². The molecule has 0 heterocycles. The van der Waals surface area contributed by atoms with Crippen LogP contribution in [0.3, 0.4) is 0 Å². The SMILES string of the molecule is COc1ccc(COC(=O)CCNC(C)C)cc1. The monoisotopic (exact) mass is 251 g/mol. The molecule has 0 unspecified atom stereocenters. The Kier molecular flexibility index (Phi) is 6.22. The van der Waals surface area contributed by atoms with Gasteiger partial charge in [-0.05, 0) is 17.7 Å². The maximum atomic E-state index is 11.4. The molecule has 4 heteroatoms. The molecule has 100 valence electrons. The predicted octanol–water partition coefficient (Wildman–Crippen LogP) is 2.13. The Labute approximate surface area is 108 Å². The molecule has 0 amide bonds. The van der Waals surface area contributed by atoms with Gasteiger partial charge in [0.2, 0.25) is 0 Å². The summed E-state index contributed by atoms with van der Waals surface area (Å²) < 4.78 is 10.2. The third-order valence-corrected chi connectivity index (χ3v) is 2.44. The Balaban J connectivity index is 2.24. The molecule has 0 aromatic heterocycles. The molecule has 0 spiro atoms. The van der Waals surface area contributed by atoms with Crippen LogP contribution in [0.2, 0.25) is 0 Å². The first kappa shape index (κ1) is 14.5. The molecule has 0 aliphatic heterocycles. The van der Waals surface area contributed by atoms with Crippen LogP contribution in [0, 0.1) is 0 Å². The Morgan fingerprint density at radius 1 is 1.28 bits per heavy atom. The summed E-state index contributed by atoms with van der Waals surface area (Å²) in [4.78, 5) is 11.4. The van der Waals surface area contributed by atoms with Crippen molar-refractivity contribution in [2.75, 3.05) is 13.7 Å². The quantitative estimate of drug-likeness (QED) is 0.754. The zero-order valence-electron chi connectivity index (χ0n) is 11.2. The minimum atomic E-state index is -0.182. The number of rotatable bonds is 7. The fourth-order valence-electron chi connectivity index (χ4n) is 1.42. The number of esters is 1. The molecule has 4 nitrogen and oxygen atoms in total. The van der Waals surface area contributed by atoms with E-state index in [0.717, 1.165) is 11.3 Å². The zero-order chi connectivity index (χ0) is 13.4. The van der Waals surface area contributed by atoms with E-state index in [0.29, 0.717) is 25.6 Å². The molecule has 1 N–H and O–H groups in total. The number of benzene rings is 1. The van der Waals surface area contributed by atoms with Crippen molar-refractivity contribution in [1.82, 2.24) is 5.32 Å². The van der Waals surface area contributed by atoms with Crippen molar-refractivity contribution >= 4 is 5.97 Å². The molecule has 0 fully saturated rings. The third-order valence-electron chi connectivity index (χ3n) is 2.44. The van der Waals surface area contributed by atoms with E-state index in [1.807, 2.05) is 38.1 Å². The molecular formula is C14H21NO3. The van der Waals surface area contributed by atoms with Crippen LogP contribution in [0.5, 0.6) is 5.75 Å². The summed E-state index contributed by atoms with van der Waals surface area (Å²) in [5, 5.41) is 3.17. The highest BCUT2D eigenvalue weighted by Crippen LogP contribution is 2.12. The van der Waals surface area contributed by atoms with Gasteiger partial charge in [0.05, 0.1) is 13.5 Å². The normalized spacial score (nSPS) is 10.4. The van der Waals surface area contributed by atoms with Gasteiger partial charge in [-0.2, -0.15) is 0 Å². The fourth-order valence-corrected chi connectivity index (χ4v) is 1.42. The number of carbonyl (C=O) groups excluding carboxylic acids is 1. The Bertz CT molecular complexity index is 360. The molecule has 18 heavy (non-hydrogen) atoms. The van der Waals surface area contributed by atoms with Crippen molar-refractivity contribution in [2.24, 2.45) is 0 Å². The van der Waals surface area contributed by atoms with Gasteiger partial charge in [-0.1, -0.05) is 26.0 Å². The lowest BCUT2D eigenvalue weighted by Crippen LogP contribution is -2.25. The van der Waals surface area contributed by atoms with Crippen LogP contribution >= 0.6 is 0 Å². The topological polar surface area (TPSA) is 47.6 Å². The molecular weight excluding hydrogens is 230 g/mol. The van der Waals surface area contributed by atoms with Crippen LogP contribution in [-0.2, 0) is 16.1 Å². The summed E-state index contributed by atoms with van der Waals surface area (Å²) in [5.41, 5.74) is 0.959. The van der Waals surface area contributed by atoms with Crippen LogP contribution in [0.1, 0.15) is 25.8 Å². The van der Waals surface area contributed by atoms with E-state index in [9.17, 15) is 4.79 Å². The van der Waals surface area contributed by atoms with E-state index < -0.39 is 0 Å². The maximum Gasteiger partial charge on any atom is 0.307 e. The summed E-state index contributed by atoms with van der Waals surface area (Å²) in [7, 11) is 1.62. The first-order chi connectivity index (χ1) is 8.61. The Hall–Kier alpha value is -1.55. The third kappa shape index (κ3) is 5.68. The second kappa shape index (κ2) is 7.71. The number of methoxy groups -OCH3 is 1. The zero-order valence-corrected chi connectivity index (χ0v) is 11.2. The van der Waals surface area contributed by atoms with Crippen LogP contribution < -0.4 is 10.1 Å². The first-order valence-electron chi connectivity index (χ1n) is 6.13. The lowest BCUT2D eigenvalue weighted by molar-refractivity contribution is -0.144. The van der Waals surface area contributed by atoms with Crippen molar-refractivity contribution in [3.63, 3.8) is 0 Å². The number of hydrogen-bond donors (Lipinski definition) is 1. The molecule has 0 aliphatic carbocycles. The summed E-state index contributed by atoms with van der Waals surface area (Å²) >= 11 is 0. The van der Waals surface area contributed by atoms with Gasteiger partial charge in [-0.15, -0.1) is 0 Å². The van der Waals surface area contributed by atoms with Gasteiger partial charge in [-0.25, -0.2) is 0 Å². The number of carbonyl (C=O) groups is 1. The highest BCUT2D eigenvalue weighted by molar-refractivity contribution is 5.69. The van der Waals surface area contributed by atoms with E-state index in [-0.39, 0.29) is 5.97 Å². The molecule has 1 rings (SSSR count). The lowest BCUT2D eigenvalue weighted by atomic mass is 10.2.